The summed E-state index contributed by atoms with van der Waals surface area (Å²) < 4.78 is 68.4. The average molecular weight is 1400 g/mol. The molecule has 0 aromatic heterocycles. The molecule has 3 N–H and O–H groups in total. The molecular weight excluding hydrogens is 1250 g/mol. The van der Waals surface area contributed by atoms with E-state index >= 15 is 0 Å². The zero-order valence-corrected chi connectivity index (χ0v) is 64.1. The van der Waals surface area contributed by atoms with Crippen molar-refractivity contribution in [2.75, 3.05) is 39.6 Å². The molecule has 17 nitrogen and oxygen atoms in total. The Morgan fingerprint density at radius 1 is 0.295 bits per heavy atom. The highest BCUT2D eigenvalue weighted by molar-refractivity contribution is 7.47. The third-order valence-corrected chi connectivity index (χ3v) is 20.2. The molecule has 0 aromatic rings. The van der Waals surface area contributed by atoms with Gasteiger partial charge in [-0.2, -0.15) is 0 Å². The van der Waals surface area contributed by atoms with Crippen LogP contribution >= 0.6 is 15.6 Å². The minimum atomic E-state index is -4.96. The molecule has 0 amide bonds. The largest absolute Gasteiger partial charge is 0.472 e. The highest BCUT2D eigenvalue weighted by Crippen LogP contribution is 2.45. The van der Waals surface area contributed by atoms with E-state index < -0.39 is 97.5 Å². The number of unbranched alkanes of at least 4 members (excludes halogenated alkanes) is 37. The number of aliphatic hydroxyl groups excluding tert-OH is 1. The quantitative estimate of drug-likeness (QED) is 0.0222. The van der Waals surface area contributed by atoms with Gasteiger partial charge in [0.25, 0.3) is 0 Å². The van der Waals surface area contributed by atoms with E-state index in [1.165, 1.54) is 180 Å². The summed E-state index contributed by atoms with van der Waals surface area (Å²) in [5.41, 5.74) is 0. The number of phosphoric acid groups is 2. The zero-order valence-electron chi connectivity index (χ0n) is 62.3. The van der Waals surface area contributed by atoms with Crippen molar-refractivity contribution in [3.05, 3.63) is 0 Å². The number of aliphatic hydroxyl groups is 1. The van der Waals surface area contributed by atoms with Crippen LogP contribution < -0.4 is 0 Å². The van der Waals surface area contributed by atoms with E-state index in [4.69, 9.17) is 37.0 Å². The lowest BCUT2D eigenvalue weighted by molar-refractivity contribution is -0.161. The summed E-state index contributed by atoms with van der Waals surface area (Å²) in [5.74, 6) is 0.926. The Kier molecular flexibility index (Phi) is 64.0. The smallest absolute Gasteiger partial charge is 0.462 e. The van der Waals surface area contributed by atoms with E-state index in [2.05, 4.69) is 55.4 Å². The molecule has 0 saturated heterocycles. The first-order chi connectivity index (χ1) is 45.7. The average Bonchev–Trinajstić information content (AvgIpc) is 3.01. The van der Waals surface area contributed by atoms with Gasteiger partial charge in [-0.25, -0.2) is 9.13 Å². The summed E-state index contributed by atoms with van der Waals surface area (Å²) >= 11 is 0. The molecule has 7 atom stereocenters. The van der Waals surface area contributed by atoms with Crippen molar-refractivity contribution < 1.29 is 80.2 Å². The Morgan fingerprint density at radius 3 is 0.747 bits per heavy atom. The van der Waals surface area contributed by atoms with Crippen molar-refractivity contribution in [3.8, 4) is 0 Å². The molecule has 0 bridgehead atoms. The second kappa shape index (κ2) is 65.4. The summed E-state index contributed by atoms with van der Waals surface area (Å²) in [5, 5.41) is 10.6. The van der Waals surface area contributed by atoms with Crippen LogP contribution in [0.3, 0.4) is 0 Å². The Morgan fingerprint density at radius 2 is 0.505 bits per heavy atom. The number of phosphoric ester groups is 2. The van der Waals surface area contributed by atoms with Gasteiger partial charge in [-0.15, -0.1) is 0 Å². The van der Waals surface area contributed by atoms with Crippen LogP contribution in [0.5, 0.6) is 0 Å². The molecule has 0 spiro atoms. The maximum Gasteiger partial charge on any atom is 0.472 e. The van der Waals surface area contributed by atoms with Gasteiger partial charge < -0.3 is 33.8 Å². The number of carbonyl (C=O) groups is 4. The van der Waals surface area contributed by atoms with Crippen molar-refractivity contribution in [3.63, 3.8) is 0 Å². The van der Waals surface area contributed by atoms with Crippen LogP contribution in [0.1, 0.15) is 383 Å². The van der Waals surface area contributed by atoms with Gasteiger partial charge in [-0.05, 0) is 49.4 Å². The zero-order chi connectivity index (χ0) is 70.3. The molecule has 19 heteroatoms. The van der Waals surface area contributed by atoms with E-state index in [-0.39, 0.29) is 25.7 Å². The van der Waals surface area contributed by atoms with Gasteiger partial charge in [0.15, 0.2) is 12.2 Å². The fraction of sp³-hybridized carbons (Fsp3) is 0.947. The van der Waals surface area contributed by atoms with Crippen LogP contribution in [0.15, 0.2) is 0 Å². The van der Waals surface area contributed by atoms with Gasteiger partial charge in [-0.1, -0.05) is 331 Å². The molecule has 0 rings (SSSR count). The number of rotatable bonds is 73. The SMILES string of the molecule is CCC(C)CCCCCCCCCCCCCCCCC(=O)O[C@H](COC(=O)CCCCCCCCC(C)C)COP(=O)(O)OC[C@H](O)COP(=O)(O)OC[C@@H](COC(=O)CCCCCCCCCCCCCCCCCC(C)C)OC(=O)CCCCCCCCC(C)CC. The minimum Gasteiger partial charge on any atom is -0.462 e. The Balaban J connectivity index is 5.17. The molecule has 4 unspecified atom stereocenters. The predicted molar refractivity (Wildman–Crippen MR) is 386 cm³/mol. The molecule has 0 heterocycles. The van der Waals surface area contributed by atoms with Crippen LogP contribution in [-0.4, -0.2) is 96.7 Å². The Labute approximate surface area is 581 Å². The molecule has 0 aliphatic heterocycles. The molecule has 0 aliphatic carbocycles. The van der Waals surface area contributed by atoms with Crippen LogP contribution in [0.4, 0.5) is 0 Å². The number of esters is 4. The monoisotopic (exact) mass is 1400 g/mol. The molecule has 0 fully saturated rings. The molecule has 0 aromatic carbocycles. The normalized spacial score (nSPS) is 14.7. The molecule has 0 aliphatic rings. The lowest BCUT2D eigenvalue weighted by Crippen LogP contribution is -2.30. The van der Waals surface area contributed by atoms with Crippen LogP contribution in [-0.2, 0) is 65.4 Å². The first kappa shape index (κ1) is 93.1. The molecule has 564 valence electrons. The van der Waals surface area contributed by atoms with E-state index in [0.717, 1.165) is 114 Å². The van der Waals surface area contributed by atoms with E-state index in [1.807, 2.05) is 0 Å². The van der Waals surface area contributed by atoms with Crippen LogP contribution in [0.25, 0.3) is 0 Å². The highest BCUT2D eigenvalue weighted by atomic mass is 31.2. The van der Waals surface area contributed by atoms with Crippen molar-refractivity contribution in [1.29, 1.82) is 0 Å². The fourth-order valence-electron chi connectivity index (χ4n) is 11.5. The lowest BCUT2D eigenvalue weighted by Gasteiger charge is -2.21. The van der Waals surface area contributed by atoms with E-state index in [0.29, 0.717) is 31.6 Å². The third kappa shape index (κ3) is 67.6. The maximum absolute atomic E-state index is 13.1. The van der Waals surface area contributed by atoms with E-state index in [1.54, 1.807) is 0 Å². The lowest BCUT2D eigenvalue weighted by atomic mass is 9.99. The van der Waals surface area contributed by atoms with Crippen molar-refractivity contribution in [2.45, 2.75) is 401 Å². The molecule has 0 saturated carbocycles. The second-order valence-corrected chi connectivity index (χ2v) is 31.7. The van der Waals surface area contributed by atoms with Gasteiger partial charge >= 0.3 is 39.5 Å². The van der Waals surface area contributed by atoms with Gasteiger partial charge in [0, 0.05) is 25.7 Å². The van der Waals surface area contributed by atoms with Crippen LogP contribution in [0.2, 0.25) is 0 Å². The standard InChI is InChI=1S/C76H148O17P2/c1-9-68(7)54-46-38-29-25-21-17-14-15-19-23-27-31-42-50-58-75(80)92-71(63-87-74(79)57-49-41-34-32-37-45-53-67(5)6)64-90-94(82,83)88-60-70(77)61-89-95(84,85)91-65-72(93-76(81)59-51-43-35-33-39-47-55-69(8)10-2)62-86-73(78)56-48-40-30-26-22-18-13-11-12-16-20-24-28-36-44-52-66(3)4/h66-72,77H,9-65H2,1-8H3,(H,82,83)(H,84,85)/t68?,69?,70-,71+,72+/m0/s1. The van der Waals surface area contributed by atoms with Gasteiger partial charge in [0.1, 0.15) is 19.3 Å². The van der Waals surface area contributed by atoms with Crippen molar-refractivity contribution >= 4 is 39.5 Å². The fourth-order valence-corrected chi connectivity index (χ4v) is 13.1. The summed E-state index contributed by atoms with van der Waals surface area (Å²) in [6, 6.07) is 0. The number of carbonyl (C=O) groups excluding carboxylic acids is 4. The number of hydrogen-bond donors (Lipinski definition) is 3. The minimum absolute atomic E-state index is 0.103. The molecule has 95 heavy (non-hydrogen) atoms. The van der Waals surface area contributed by atoms with Crippen LogP contribution in [0, 0.1) is 23.7 Å². The Bertz CT molecular complexity index is 1870. The molecule has 0 radical (unpaired) electrons. The number of ether oxygens (including phenoxy) is 4. The summed E-state index contributed by atoms with van der Waals surface area (Å²) in [7, 11) is -9.91. The Hall–Kier alpha value is -1.94. The topological polar surface area (TPSA) is 237 Å². The van der Waals surface area contributed by atoms with Crippen molar-refractivity contribution in [1.82, 2.24) is 0 Å². The van der Waals surface area contributed by atoms with Gasteiger partial charge in [0.2, 0.25) is 0 Å². The predicted octanol–water partition coefficient (Wildman–Crippen LogP) is 22.0. The third-order valence-electron chi connectivity index (χ3n) is 18.3. The molecular formula is C76H148O17P2. The van der Waals surface area contributed by atoms with E-state index in [9.17, 15) is 43.2 Å². The number of hydrogen-bond acceptors (Lipinski definition) is 15. The summed E-state index contributed by atoms with van der Waals surface area (Å²) in [6.07, 6.45) is 50.2. The second-order valence-electron chi connectivity index (χ2n) is 28.8. The van der Waals surface area contributed by atoms with Gasteiger partial charge in [0.05, 0.1) is 26.4 Å². The first-order valence-electron chi connectivity index (χ1n) is 39.3. The van der Waals surface area contributed by atoms with Gasteiger partial charge in [-0.3, -0.25) is 37.3 Å². The van der Waals surface area contributed by atoms with Crippen molar-refractivity contribution in [2.24, 2.45) is 23.7 Å². The highest BCUT2D eigenvalue weighted by Gasteiger charge is 2.30. The summed E-state index contributed by atoms with van der Waals surface area (Å²) in [4.78, 5) is 72.7. The summed E-state index contributed by atoms with van der Waals surface area (Å²) in [6.45, 7) is 14.2. The maximum atomic E-state index is 13.1. The first-order valence-corrected chi connectivity index (χ1v) is 42.3.